The molecule has 0 aliphatic carbocycles. The number of aliphatic hydroxyl groups is 1. The van der Waals surface area contributed by atoms with Crippen LogP contribution in [0.2, 0.25) is 5.02 Å². The number of anilines is 1. The molecule has 2 heterocycles. The van der Waals surface area contributed by atoms with Crippen LogP contribution in [0.15, 0.2) is 54.2 Å². The summed E-state index contributed by atoms with van der Waals surface area (Å²) in [5.74, 6) is -1.31. The molecule has 6 nitrogen and oxygen atoms in total. The molecule has 4 rings (SSSR count). The molecule has 0 radical (unpaired) electrons. The lowest BCUT2D eigenvalue weighted by atomic mass is 10.0. The maximum Gasteiger partial charge on any atom is 0.282 e. The molecule has 1 N–H and O–H groups in total. The molecule has 2 amide bonds. The van der Waals surface area contributed by atoms with Gasteiger partial charge < -0.3 is 10.0 Å². The van der Waals surface area contributed by atoms with Gasteiger partial charge in [-0.3, -0.25) is 14.5 Å². The molecule has 156 valence electrons. The first-order chi connectivity index (χ1) is 14.5. The van der Waals surface area contributed by atoms with Crippen molar-refractivity contribution in [2.75, 3.05) is 44.2 Å². The van der Waals surface area contributed by atoms with Crippen LogP contribution in [0.25, 0.3) is 5.57 Å². The summed E-state index contributed by atoms with van der Waals surface area (Å²) in [6, 6.07) is 12.1. The van der Waals surface area contributed by atoms with Gasteiger partial charge in [0.25, 0.3) is 11.8 Å². The number of hydrogen-bond donors (Lipinski definition) is 1. The van der Waals surface area contributed by atoms with E-state index >= 15 is 0 Å². The van der Waals surface area contributed by atoms with Gasteiger partial charge in [-0.25, -0.2) is 9.29 Å². The molecular weight excluding hydrogens is 409 g/mol. The van der Waals surface area contributed by atoms with Crippen LogP contribution in [0.5, 0.6) is 0 Å². The summed E-state index contributed by atoms with van der Waals surface area (Å²) in [4.78, 5) is 31.9. The van der Waals surface area contributed by atoms with Crippen molar-refractivity contribution in [3.63, 3.8) is 0 Å². The van der Waals surface area contributed by atoms with Gasteiger partial charge in [-0.2, -0.15) is 0 Å². The molecule has 0 spiro atoms. The Bertz CT molecular complexity index is 984. The van der Waals surface area contributed by atoms with Crippen molar-refractivity contribution in [1.82, 2.24) is 9.80 Å². The number of carbonyl (C=O) groups excluding carboxylic acids is 2. The Balaban J connectivity index is 1.73. The fraction of sp³-hybridized carbons (Fsp3) is 0.273. The van der Waals surface area contributed by atoms with Crippen LogP contribution in [0, 0.1) is 5.82 Å². The Kier molecular flexibility index (Phi) is 5.85. The van der Waals surface area contributed by atoms with E-state index in [-0.39, 0.29) is 6.61 Å². The normalized spacial score (nSPS) is 18.0. The molecule has 30 heavy (non-hydrogen) atoms. The quantitative estimate of drug-likeness (QED) is 0.739. The highest BCUT2D eigenvalue weighted by Gasteiger charge is 2.43. The summed E-state index contributed by atoms with van der Waals surface area (Å²) in [6.45, 7) is 3.12. The second kappa shape index (κ2) is 8.55. The van der Waals surface area contributed by atoms with Crippen LogP contribution in [0.4, 0.5) is 10.1 Å². The summed E-state index contributed by atoms with van der Waals surface area (Å²) >= 11 is 6.00. The van der Waals surface area contributed by atoms with E-state index in [1.807, 2.05) is 4.90 Å². The zero-order valence-electron chi connectivity index (χ0n) is 16.2. The van der Waals surface area contributed by atoms with Gasteiger partial charge >= 0.3 is 0 Å². The first kappa shape index (κ1) is 20.5. The van der Waals surface area contributed by atoms with Crippen molar-refractivity contribution in [3.8, 4) is 0 Å². The Hall–Kier alpha value is -2.74. The number of carbonyl (C=O) groups is 2. The largest absolute Gasteiger partial charge is 0.395 e. The zero-order chi connectivity index (χ0) is 21.3. The van der Waals surface area contributed by atoms with E-state index in [4.69, 9.17) is 16.7 Å². The minimum absolute atomic E-state index is 0.0779. The highest BCUT2D eigenvalue weighted by atomic mass is 35.5. The number of nitrogens with zero attached hydrogens (tertiary/aromatic N) is 3. The molecular formula is C22H21ClFN3O3. The number of benzene rings is 2. The second-order valence-electron chi connectivity index (χ2n) is 7.20. The number of aliphatic hydroxyl groups excluding tert-OH is 1. The van der Waals surface area contributed by atoms with Gasteiger partial charge in [-0.1, -0.05) is 23.7 Å². The molecule has 1 saturated heterocycles. The first-order valence-electron chi connectivity index (χ1n) is 9.72. The summed E-state index contributed by atoms with van der Waals surface area (Å²) in [5.41, 5.74) is 1.59. The maximum atomic E-state index is 13.4. The molecule has 0 aromatic heterocycles. The number of rotatable bonds is 5. The third-order valence-corrected chi connectivity index (χ3v) is 5.63. The van der Waals surface area contributed by atoms with E-state index in [1.165, 1.54) is 24.3 Å². The highest BCUT2D eigenvalue weighted by Crippen LogP contribution is 2.35. The molecule has 0 atom stereocenters. The van der Waals surface area contributed by atoms with Gasteiger partial charge in [0.15, 0.2) is 0 Å². The predicted molar refractivity (Wildman–Crippen MR) is 112 cm³/mol. The van der Waals surface area contributed by atoms with E-state index in [9.17, 15) is 14.0 Å². The molecule has 0 saturated carbocycles. The highest BCUT2D eigenvalue weighted by molar-refractivity contribution is 6.45. The number of halogens is 2. The monoisotopic (exact) mass is 429 g/mol. The number of imide groups is 1. The average molecular weight is 430 g/mol. The summed E-state index contributed by atoms with van der Waals surface area (Å²) < 4.78 is 13.4. The van der Waals surface area contributed by atoms with Crippen LogP contribution in [0.3, 0.4) is 0 Å². The van der Waals surface area contributed by atoms with Gasteiger partial charge in [-0.15, -0.1) is 0 Å². The van der Waals surface area contributed by atoms with E-state index in [0.717, 1.165) is 4.90 Å². The molecule has 0 unspecified atom stereocenters. The van der Waals surface area contributed by atoms with E-state index in [2.05, 4.69) is 4.90 Å². The first-order valence-corrected chi connectivity index (χ1v) is 10.1. The van der Waals surface area contributed by atoms with Crippen molar-refractivity contribution in [2.45, 2.75) is 0 Å². The average Bonchev–Trinajstić information content (AvgIpc) is 3.00. The SMILES string of the molecule is O=C1C(c2ccc(Cl)cc2)=C(N2CCN(CCO)CC2)C(=O)N1c1ccc(F)cc1. The van der Waals surface area contributed by atoms with Crippen LogP contribution >= 0.6 is 11.6 Å². The lowest BCUT2D eigenvalue weighted by Crippen LogP contribution is -2.48. The standard InChI is InChI=1S/C22H21ClFN3O3/c23-16-3-1-15(2-4-16)19-20(26-11-9-25(10-12-26)13-14-28)22(30)27(21(19)29)18-7-5-17(24)6-8-18/h1-8,28H,9-14H2. The molecule has 2 aromatic carbocycles. The van der Waals surface area contributed by atoms with Crippen LogP contribution < -0.4 is 4.90 Å². The molecule has 2 aliphatic rings. The lowest BCUT2D eigenvalue weighted by Gasteiger charge is -2.36. The van der Waals surface area contributed by atoms with Crippen molar-refractivity contribution >= 4 is 34.7 Å². The van der Waals surface area contributed by atoms with Crippen molar-refractivity contribution in [2.24, 2.45) is 0 Å². The zero-order valence-corrected chi connectivity index (χ0v) is 17.0. The van der Waals surface area contributed by atoms with Crippen molar-refractivity contribution in [1.29, 1.82) is 0 Å². The third-order valence-electron chi connectivity index (χ3n) is 5.38. The smallest absolute Gasteiger partial charge is 0.282 e. The third kappa shape index (κ3) is 3.84. The molecule has 1 fully saturated rings. The van der Waals surface area contributed by atoms with E-state index in [1.54, 1.807) is 24.3 Å². The van der Waals surface area contributed by atoms with Gasteiger partial charge in [0, 0.05) is 37.7 Å². The summed E-state index contributed by atoms with van der Waals surface area (Å²) in [7, 11) is 0. The fourth-order valence-corrected chi connectivity index (χ4v) is 3.98. The second-order valence-corrected chi connectivity index (χ2v) is 7.64. The van der Waals surface area contributed by atoms with Crippen LogP contribution in [0.1, 0.15) is 5.56 Å². The van der Waals surface area contributed by atoms with Crippen LogP contribution in [-0.2, 0) is 9.59 Å². The Morgan fingerprint density at radius 1 is 0.900 bits per heavy atom. The van der Waals surface area contributed by atoms with E-state index in [0.29, 0.717) is 60.3 Å². The number of hydrogen-bond acceptors (Lipinski definition) is 5. The molecule has 2 aliphatic heterocycles. The molecule has 2 aromatic rings. The Morgan fingerprint density at radius 3 is 2.13 bits per heavy atom. The predicted octanol–water partition coefficient (Wildman–Crippen LogP) is 2.37. The maximum absolute atomic E-state index is 13.4. The number of piperazine rings is 1. The summed E-state index contributed by atoms with van der Waals surface area (Å²) in [5, 5.41) is 9.69. The van der Waals surface area contributed by atoms with Crippen LogP contribution in [-0.4, -0.2) is 66.1 Å². The lowest BCUT2D eigenvalue weighted by molar-refractivity contribution is -0.120. The fourth-order valence-electron chi connectivity index (χ4n) is 3.85. The Labute approximate surface area is 178 Å². The minimum Gasteiger partial charge on any atom is -0.395 e. The number of amides is 2. The Morgan fingerprint density at radius 2 is 1.53 bits per heavy atom. The van der Waals surface area contributed by atoms with Crippen molar-refractivity contribution < 1.29 is 19.1 Å². The van der Waals surface area contributed by atoms with Gasteiger partial charge in [0.1, 0.15) is 11.5 Å². The summed E-state index contributed by atoms with van der Waals surface area (Å²) in [6.07, 6.45) is 0. The van der Waals surface area contributed by atoms with Crippen molar-refractivity contribution in [3.05, 3.63) is 70.6 Å². The number of β-amino-alcohol motifs (C(OH)–C–C–N with tert-alkyl or cyclic N) is 1. The van der Waals surface area contributed by atoms with Gasteiger partial charge in [-0.05, 0) is 42.0 Å². The molecule has 8 heteroatoms. The molecule has 0 bridgehead atoms. The minimum atomic E-state index is -0.443. The van der Waals surface area contributed by atoms with Gasteiger partial charge in [0.2, 0.25) is 0 Å². The van der Waals surface area contributed by atoms with Gasteiger partial charge in [0.05, 0.1) is 17.9 Å². The van der Waals surface area contributed by atoms with E-state index < -0.39 is 17.6 Å². The topological polar surface area (TPSA) is 64.1 Å².